The van der Waals surface area contributed by atoms with E-state index in [2.05, 4.69) is 34.9 Å². The van der Waals surface area contributed by atoms with Crippen molar-refractivity contribution in [3.63, 3.8) is 0 Å². The Balaban J connectivity index is 1.75. The third-order valence-corrected chi connectivity index (χ3v) is 4.75. The summed E-state index contributed by atoms with van der Waals surface area (Å²) in [4.78, 5) is 0. The number of fused-ring (bicyclic) bond motifs is 1. The average molecular weight is 274 g/mol. The molecule has 0 bridgehead atoms. The summed E-state index contributed by atoms with van der Waals surface area (Å²) in [5.41, 5.74) is 2.81. The summed E-state index contributed by atoms with van der Waals surface area (Å²) in [7, 11) is 0. The third-order valence-electron chi connectivity index (χ3n) is 4.75. The lowest BCUT2D eigenvalue weighted by molar-refractivity contribution is 0.113. The van der Waals surface area contributed by atoms with E-state index in [1.165, 1.54) is 30.4 Å². The molecule has 1 aromatic rings. The zero-order valence-corrected chi connectivity index (χ0v) is 12.1. The van der Waals surface area contributed by atoms with Crippen LogP contribution in [-0.4, -0.2) is 23.8 Å². The van der Waals surface area contributed by atoms with Crippen LogP contribution in [0.15, 0.2) is 24.3 Å². The van der Waals surface area contributed by atoms with Gasteiger partial charge in [-0.05, 0) is 36.9 Å². The van der Waals surface area contributed by atoms with Crippen molar-refractivity contribution in [2.45, 2.75) is 63.3 Å². The van der Waals surface area contributed by atoms with Crippen molar-refractivity contribution in [2.75, 3.05) is 6.54 Å². The van der Waals surface area contributed by atoms with E-state index in [4.69, 9.17) is 0 Å². The molecule has 3 unspecified atom stereocenters. The number of hydrogen-bond donors (Lipinski definition) is 3. The summed E-state index contributed by atoms with van der Waals surface area (Å²) in [6.07, 6.45) is 6.64. The predicted octanol–water partition coefficient (Wildman–Crippen LogP) is 2.50. The molecule has 0 aromatic heterocycles. The quantitative estimate of drug-likeness (QED) is 0.726. The number of hydrogen-bond acceptors (Lipinski definition) is 3. The highest BCUT2D eigenvalue weighted by Crippen LogP contribution is 2.27. The van der Waals surface area contributed by atoms with Crippen molar-refractivity contribution >= 4 is 0 Å². The molecule has 1 aliphatic carbocycles. The van der Waals surface area contributed by atoms with E-state index in [9.17, 15) is 5.11 Å². The van der Waals surface area contributed by atoms with Crippen LogP contribution in [0.25, 0.3) is 0 Å². The van der Waals surface area contributed by atoms with Gasteiger partial charge in [0.2, 0.25) is 0 Å². The maximum atomic E-state index is 10.3. The van der Waals surface area contributed by atoms with Crippen molar-refractivity contribution in [3.05, 3.63) is 35.4 Å². The summed E-state index contributed by atoms with van der Waals surface area (Å²) in [6, 6.07) is 9.33. The molecule has 3 heteroatoms. The molecule has 0 saturated heterocycles. The van der Waals surface area contributed by atoms with Crippen LogP contribution >= 0.6 is 0 Å². The van der Waals surface area contributed by atoms with Crippen LogP contribution in [0.3, 0.4) is 0 Å². The highest BCUT2D eigenvalue weighted by molar-refractivity contribution is 5.31. The molecule has 0 amide bonds. The van der Waals surface area contributed by atoms with Gasteiger partial charge in [-0.15, -0.1) is 0 Å². The summed E-state index contributed by atoms with van der Waals surface area (Å²) in [5, 5.41) is 17.6. The Kier molecular flexibility index (Phi) is 4.71. The van der Waals surface area contributed by atoms with Gasteiger partial charge in [0.15, 0.2) is 0 Å². The summed E-state index contributed by atoms with van der Waals surface area (Å²) >= 11 is 0. The van der Waals surface area contributed by atoms with Crippen LogP contribution in [0.5, 0.6) is 0 Å². The molecule has 1 fully saturated rings. The van der Waals surface area contributed by atoms with Crippen molar-refractivity contribution in [2.24, 2.45) is 0 Å². The zero-order chi connectivity index (χ0) is 13.8. The fourth-order valence-electron chi connectivity index (χ4n) is 3.57. The van der Waals surface area contributed by atoms with E-state index in [0.29, 0.717) is 6.04 Å². The van der Waals surface area contributed by atoms with Crippen molar-refractivity contribution in [3.8, 4) is 0 Å². The molecule has 1 saturated carbocycles. The smallest absolute Gasteiger partial charge is 0.0693 e. The molecule has 3 rings (SSSR count). The monoisotopic (exact) mass is 274 g/mol. The van der Waals surface area contributed by atoms with Crippen molar-refractivity contribution in [1.29, 1.82) is 0 Å². The molecule has 110 valence electrons. The predicted molar refractivity (Wildman–Crippen MR) is 81.5 cm³/mol. The van der Waals surface area contributed by atoms with Crippen LogP contribution in [0.1, 0.15) is 55.7 Å². The van der Waals surface area contributed by atoms with Gasteiger partial charge in [0, 0.05) is 18.6 Å². The second kappa shape index (κ2) is 6.70. The first kappa shape index (κ1) is 14.1. The summed E-state index contributed by atoms with van der Waals surface area (Å²) < 4.78 is 0. The highest BCUT2D eigenvalue weighted by atomic mass is 16.3. The Bertz CT molecular complexity index is 435. The first-order chi connectivity index (χ1) is 9.84. The lowest BCUT2D eigenvalue weighted by Crippen LogP contribution is -2.41. The molecule has 3 nitrogen and oxygen atoms in total. The van der Waals surface area contributed by atoms with Crippen LogP contribution < -0.4 is 10.6 Å². The number of benzene rings is 1. The molecular weight excluding hydrogens is 248 g/mol. The van der Waals surface area contributed by atoms with Gasteiger partial charge in [-0.25, -0.2) is 0 Å². The lowest BCUT2D eigenvalue weighted by Gasteiger charge is -2.28. The normalized spacial score (nSPS) is 31.1. The van der Waals surface area contributed by atoms with Gasteiger partial charge >= 0.3 is 0 Å². The number of rotatable bonds is 2. The molecule has 0 spiro atoms. The first-order valence-electron chi connectivity index (χ1n) is 8.07. The Morgan fingerprint density at radius 2 is 1.90 bits per heavy atom. The summed E-state index contributed by atoms with van der Waals surface area (Å²) in [6.45, 7) is 2.00. The van der Waals surface area contributed by atoms with Gasteiger partial charge in [0.1, 0.15) is 0 Å². The second-order valence-corrected chi connectivity index (χ2v) is 6.20. The van der Waals surface area contributed by atoms with E-state index < -0.39 is 0 Å². The molecule has 20 heavy (non-hydrogen) atoms. The Morgan fingerprint density at radius 3 is 2.85 bits per heavy atom. The second-order valence-electron chi connectivity index (χ2n) is 6.20. The minimum atomic E-state index is -0.180. The Hall–Kier alpha value is -0.900. The standard InChI is InChI=1S/C17H26N2O/c20-17-9-3-1-2-8-16(17)19-15-10-11-18-12-13-6-4-5-7-14(13)15/h4-7,15-20H,1-3,8-12H2. The van der Waals surface area contributed by atoms with Gasteiger partial charge in [-0.3, -0.25) is 0 Å². The van der Waals surface area contributed by atoms with Crippen LogP contribution in [-0.2, 0) is 6.54 Å². The number of aliphatic hydroxyl groups is 1. The largest absolute Gasteiger partial charge is 0.392 e. The van der Waals surface area contributed by atoms with Crippen LogP contribution in [0.4, 0.5) is 0 Å². The summed E-state index contributed by atoms with van der Waals surface area (Å²) in [5.74, 6) is 0. The molecule has 2 aliphatic rings. The third kappa shape index (κ3) is 3.22. The minimum Gasteiger partial charge on any atom is -0.392 e. The Morgan fingerprint density at radius 1 is 1.05 bits per heavy atom. The van der Waals surface area contributed by atoms with Gasteiger partial charge in [0.05, 0.1) is 6.10 Å². The average Bonchev–Trinajstić information content (AvgIpc) is 2.79. The molecule has 3 atom stereocenters. The number of aliphatic hydroxyl groups excluding tert-OH is 1. The van der Waals surface area contributed by atoms with Crippen molar-refractivity contribution < 1.29 is 5.11 Å². The van der Waals surface area contributed by atoms with Gasteiger partial charge in [0.25, 0.3) is 0 Å². The van der Waals surface area contributed by atoms with Gasteiger partial charge in [-0.2, -0.15) is 0 Å². The number of nitrogens with one attached hydrogen (secondary N) is 2. The van der Waals surface area contributed by atoms with E-state index in [0.717, 1.165) is 32.4 Å². The zero-order valence-electron chi connectivity index (χ0n) is 12.1. The van der Waals surface area contributed by atoms with Gasteiger partial charge in [-0.1, -0.05) is 43.5 Å². The first-order valence-corrected chi connectivity index (χ1v) is 8.07. The molecule has 1 heterocycles. The maximum absolute atomic E-state index is 10.3. The SMILES string of the molecule is OC1CCCCCC1NC1CCNCc2ccccc21. The fraction of sp³-hybridized carbons (Fsp3) is 0.647. The van der Waals surface area contributed by atoms with E-state index in [-0.39, 0.29) is 12.1 Å². The lowest BCUT2D eigenvalue weighted by atomic mass is 9.96. The maximum Gasteiger partial charge on any atom is 0.0693 e. The van der Waals surface area contributed by atoms with E-state index in [1.807, 2.05) is 0 Å². The highest BCUT2D eigenvalue weighted by Gasteiger charge is 2.26. The molecular formula is C17H26N2O. The van der Waals surface area contributed by atoms with Crippen molar-refractivity contribution in [1.82, 2.24) is 10.6 Å². The molecule has 0 radical (unpaired) electrons. The van der Waals surface area contributed by atoms with Crippen LogP contribution in [0, 0.1) is 0 Å². The molecule has 1 aliphatic heterocycles. The minimum absolute atomic E-state index is 0.180. The Labute approximate surface area is 121 Å². The molecule has 1 aromatic carbocycles. The van der Waals surface area contributed by atoms with Crippen LogP contribution in [0.2, 0.25) is 0 Å². The fourth-order valence-corrected chi connectivity index (χ4v) is 3.57. The van der Waals surface area contributed by atoms with Gasteiger partial charge < -0.3 is 15.7 Å². The van der Waals surface area contributed by atoms with E-state index >= 15 is 0 Å². The topological polar surface area (TPSA) is 44.3 Å². The van der Waals surface area contributed by atoms with E-state index in [1.54, 1.807) is 0 Å². The molecule has 3 N–H and O–H groups in total.